The highest BCUT2D eigenvalue weighted by atomic mass is 16.2. The molecule has 1 fully saturated rings. The molecule has 2 aliphatic rings. The van der Waals surface area contributed by atoms with Crippen molar-refractivity contribution >= 4 is 11.6 Å². The van der Waals surface area contributed by atoms with Gasteiger partial charge in [-0.2, -0.15) is 0 Å². The van der Waals surface area contributed by atoms with Crippen LogP contribution in [0, 0.1) is 0 Å². The third-order valence-corrected chi connectivity index (χ3v) is 1.75. The molecule has 0 spiro atoms. The molecule has 1 N–H and O–H groups in total. The highest BCUT2D eigenvalue weighted by Crippen LogP contribution is 2.11. The third-order valence-electron chi connectivity index (χ3n) is 1.75. The van der Waals surface area contributed by atoms with E-state index in [2.05, 4.69) is 10.3 Å². The van der Waals surface area contributed by atoms with Gasteiger partial charge in [-0.25, -0.2) is 0 Å². The molecule has 1 amide bonds. The van der Waals surface area contributed by atoms with Crippen LogP contribution in [0.2, 0.25) is 0 Å². The minimum atomic E-state index is 0.0402. The number of nitrogens with one attached hydrogen (secondary N) is 1. The summed E-state index contributed by atoms with van der Waals surface area (Å²) in [5.41, 5.74) is 1.74. The molecule has 1 saturated heterocycles. The second kappa shape index (κ2) is 1.94. The van der Waals surface area contributed by atoms with Gasteiger partial charge < -0.3 is 5.32 Å². The van der Waals surface area contributed by atoms with Crippen LogP contribution in [0.1, 0.15) is 6.42 Å². The minimum Gasteiger partial charge on any atom is -0.346 e. The molecule has 0 radical (unpaired) electrons. The summed E-state index contributed by atoms with van der Waals surface area (Å²) in [5, 5.41) is 2.72. The second-order valence-corrected chi connectivity index (χ2v) is 2.42. The van der Waals surface area contributed by atoms with Crippen molar-refractivity contribution in [3.63, 3.8) is 0 Å². The number of fused-ring (bicyclic) bond motifs is 1. The molecular formula is C7H8N2O. The standard InChI is InChI=1S/C7H8N2O/c10-7-5-2-1-3-8-6(5)4-9-7/h2H,1,3-4H2,(H,9,10). The summed E-state index contributed by atoms with van der Waals surface area (Å²) in [6, 6.07) is 0. The van der Waals surface area contributed by atoms with Crippen LogP contribution in [0.4, 0.5) is 0 Å². The molecule has 10 heavy (non-hydrogen) atoms. The second-order valence-electron chi connectivity index (χ2n) is 2.42. The van der Waals surface area contributed by atoms with Crippen LogP contribution < -0.4 is 5.32 Å². The van der Waals surface area contributed by atoms with Gasteiger partial charge in [0.25, 0.3) is 5.91 Å². The van der Waals surface area contributed by atoms with E-state index in [0.717, 1.165) is 24.3 Å². The number of aliphatic imine (C=N–C) groups is 1. The summed E-state index contributed by atoms with van der Waals surface area (Å²) >= 11 is 0. The smallest absolute Gasteiger partial charge is 0.253 e. The van der Waals surface area contributed by atoms with Crippen LogP contribution in [-0.4, -0.2) is 24.7 Å². The van der Waals surface area contributed by atoms with E-state index >= 15 is 0 Å². The van der Waals surface area contributed by atoms with Gasteiger partial charge in [0.2, 0.25) is 0 Å². The molecule has 2 heterocycles. The molecule has 0 saturated carbocycles. The average Bonchev–Trinajstić information content (AvgIpc) is 2.34. The Bertz CT molecular complexity index is 240. The van der Waals surface area contributed by atoms with E-state index in [-0.39, 0.29) is 5.91 Å². The van der Waals surface area contributed by atoms with Crippen LogP contribution in [0.5, 0.6) is 0 Å². The molecular weight excluding hydrogens is 128 g/mol. The maximum Gasteiger partial charge on any atom is 0.253 e. The number of carbonyl (C=O) groups is 1. The van der Waals surface area contributed by atoms with Gasteiger partial charge in [-0.1, -0.05) is 6.08 Å². The molecule has 0 unspecified atom stereocenters. The van der Waals surface area contributed by atoms with Gasteiger partial charge in [-0.3, -0.25) is 9.79 Å². The maximum absolute atomic E-state index is 10.9. The lowest BCUT2D eigenvalue weighted by Gasteiger charge is -2.01. The molecule has 0 aromatic rings. The van der Waals surface area contributed by atoms with Crippen LogP contribution in [-0.2, 0) is 4.79 Å². The van der Waals surface area contributed by atoms with E-state index in [1.807, 2.05) is 6.08 Å². The largest absolute Gasteiger partial charge is 0.346 e. The van der Waals surface area contributed by atoms with E-state index < -0.39 is 0 Å². The van der Waals surface area contributed by atoms with Crippen molar-refractivity contribution in [3.05, 3.63) is 11.6 Å². The summed E-state index contributed by atoms with van der Waals surface area (Å²) in [7, 11) is 0. The lowest BCUT2D eigenvalue weighted by molar-refractivity contribution is -0.116. The van der Waals surface area contributed by atoms with Crippen molar-refractivity contribution in [2.75, 3.05) is 13.1 Å². The summed E-state index contributed by atoms with van der Waals surface area (Å²) in [5.74, 6) is 0.0402. The fourth-order valence-corrected chi connectivity index (χ4v) is 1.25. The minimum absolute atomic E-state index is 0.0402. The molecule has 3 heteroatoms. The fraction of sp³-hybridized carbons (Fsp3) is 0.429. The first-order chi connectivity index (χ1) is 4.88. The number of rotatable bonds is 0. The van der Waals surface area contributed by atoms with Gasteiger partial charge in [0.05, 0.1) is 17.8 Å². The van der Waals surface area contributed by atoms with Gasteiger partial charge in [-0.05, 0) is 6.42 Å². The van der Waals surface area contributed by atoms with Crippen molar-refractivity contribution in [3.8, 4) is 0 Å². The van der Waals surface area contributed by atoms with Gasteiger partial charge in [0.15, 0.2) is 0 Å². The molecule has 52 valence electrons. The van der Waals surface area contributed by atoms with Crippen molar-refractivity contribution in [1.29, 1.82) is 0 Å². The number of dihydropyridines is 1. The number of hydrogen-bond donors (Lipinski definition) is 1. The average molecular weight is 136 g/mol. The predicted octanol–water partition coefficient (Wildman–Crippen LogP) is -0.113. The molecule has 0 aromatic heterocycles. The summed E-state index contributed by atoms with van der Waals surface area (Å²) < 4.78 is 0. The summed E-state index contributed by atoms with van der Waals surface area (Å²) in [6.07, 6.45) is 2.87. The van der Waals surface area contributed by atoms with Crippen molar-refractivity contribution in [1.82, 2.24) is 5.32 Å². The number of nitrogens with zero attached hydrogens (tertiary/aromatic N) is 1. The lowest BCUT2D eigenvalue weighted by atomic mass is 10.1. The predicted molar refractivity (Wildman–Crippen MR) is 38.0 cm³/mol. The van der Waals surface area contributed by atoms with Gasteiger partial charge >= 0.3 is 0 Å². The van der Waals surface area contributed by atoms with E-state index in [9.17, 15) is 4.79 Å². The molecule has 0 aromatic carbocycles. The third kappa shape index (κ3) is 0.667. The Morgan fingerprint density at radius 2 is 2.50 bits per heavy atom. The SMILES string of the molecule is O=C1NCC2=NCCC=C12. The van der Waals surface area contributed by atoms with Gasteiger partial charge in [0.1, 0.15) is 0 Å². The topological polar surface area (TPSA) is 41.5 Å². The normalized spacial score (nSPS) is 23.0. The van der Waals surface area contributed by atoms with Gasteiger partial charge in [-0.15, -0.1) is 0 Å². The van der Waals surface area contributed by atoms with Crippen molar-refractivity contribution < 1.29 is 4.79 Å². The zero-order valence-electron chi connectivity index (χ0n) is 5.55. The van der Waals surface area contributed by atoms with Crippen molar-refractivity contribution in [2.24, 2.45) is 4.99 Å². The summed E-state index contributed by atoms with van der Waals surface area (Å²) in [6.45, 7) is 1.47. The van der Waals surface area contributed by atoms with Crippen molar-refractivity contribution in [2.45, 2.75) is 6.42 Å². The Kier molecular flexibility index (Phi) is 1.09. The number of hydrogen-bond acceptors (Lipinski definition) is 2. The Morgan fingerprint density at radius 1 is 1.60 bits per heavy atom. The maximum atomic E-state index is 10.9. The van der Waals surface area contributed by atoms with Gasteiger partial charge in [0, 0.05) is 6.54 Å². The Morgan fingerprint density at radius 3 is 3.30 bits per heavy atom. The highest BCUT2D eigenvalue weighted by molar-refractivity contribution is 6.27. The molecule has 0 aliphatic carbocycles. The highest BCUT2D eigenvalue weighted by Gasteiger charge is 2.24. The molecule has 2 aliphatic heterocycles. The molecule has 0 bridgehead atoms. The quantitative estimate of drug-likeness (QED) is 0.496. The first kappa shape index (κ1) is 5.65. The lowest BCUT2D eigenvalue weighted by Crippen LogP contribution is -2.14. The number of carbonyl (C=O) groups excluding carboxylic acids is 1. The molecule has 0 atom stereocenters. The van der Waals surface area contributed by atoms with Crippen LogP contribution in [0.25, 0.3) is 0 Å². The molecule has 2 rings (SSSR count). The Labute approximate surface area is 58.8 Å². The van der Waals surface area contributed by atoms with Crippen LogP contribution in [0.15, 0.2) is 16.6 Å². The van der Waals surface area contributed by atoms with Crippen LogP contribution in [0.3, 0.4) is 0 Å². The zero-order valence-corrected chi connectivity index (χ0v) is 5.55. The Balaban J connectivity index is 2.39. The van der Waals surface area contributed by atoms with E-state index in [1.54, 1.807) is 0 Å². The first-order valence-corrected chi connectivity index (χ1v) is 3.40. The number of amides is 1. The zero-order chi connectivity index (χ0) is 6.97. The molecule has 3 nitrogen and oxygen atoms in total. The first-order valence-electron chi connectivity index (χ1n) is 3.40. The van der Waals surface area contributed by atoms with E-state index in [4.69, 9.17) is 0 Å². The fourth-order valence-electron chi connectivity index (χ4n) is 1.25. The van der Waals surface area contributed by atoms with E-state index in [0.29, 0.717) is 6.54 Å². The van der Waals surface area contributed by atoms with Crippen LogP contribution >= 0.6 is 0 Å². The van der Waals surface area contributed by atoms with E-state index in [1.165, 1.54) is 0 Å². The Hall–Kier alpha value is -1.12. The summed E-state index contributed by atoms with van der Waals surface area (Å²) in [4.78, 5) is 15.2. The monoisotopic (exact) mass is 136 g/mol.